The second-order valence-corrected chi connectivity index (χ2v) is 9.93. The number of Topliss-reactive ketones (excluding diaryl/α,β-unsaturated/α-hetero) is 1. The Hall–Kier alpha value is -2.15. The van der Waals surface area contributed by atoms with E-state index < -0.39 is 40.2 Å². The second-order valence-electron chi connectivity index (χ2n) is 9.93. The van der Waals surface area contributed by atoms with Crippen molar-refractivity contribution in [2.24, 2.45) is 10.8 Å². The van der Waals surface area contributed by atoms with Crippen molar-refractivity contribution in [1.29, 1.82) is 0 Å². The van der Waals surface area contributed by atoms with Gasteiger partial charge < -0.3 is 19.9 Å². The fourth-order valence-corrected chi connectivity index (χ4v) is 4.71. The molecule has 3 aliphatic rings. The Balaban J connectivity index is 1.98. The third-order valence-electron chi connectivity index (χ3n) is 6.41. The lowest BCUT2D eigenvalue weighted by Gasteiger charge is -2.40. The highest BCUT2D eigenvalue weighted by molar-refractivity contribution is 6.09. The molecule has 0 aliphatic heterocycles. The Kier molecular flexibility index (Phi) is 4.77. The molecule has 1 unspecified atom stereocenters. The van der Waals surface area contributed by atoms with Crippen LogP contribution in [0.1, 0.15) is 61.3 Å². The van der Waals surface area contributed by atoms with Gasteiger partial charge in [0.15, 0.2) is 5.78 Å². The van der Waals surface area contributed by atoms with Crippen molar-refractivity contribution in [2.75, 3.05) is 6.54 Å². The molecule has 160 valence electrons. The van der Waals surface area contributed by atoms with Gasteiger partial charge in [0.2, 0.25) is 0 Å². The van der Waals surface area contributed by atoms with Crippen molar-refractivity contribution in [3.05, 3.63) is 22.8 Å². The van der Waals surface area contributed by atoms with Gasteiger partial charge >= 0.3 is 12.1 Å². The van der Waals surface area contributed by atoms with E-state index in [4.69, 9.17) is 9.47 Å². The normalized spacial score (nSPS) is 32.6. The summed E-state index contributed by atoms with van der Waals surface area (Å²) >= 11 is 0. The molecule has 0 aromatic rings. The van der Waals surface area contributed by atoms with Crippen LogP contribution in [0.25, 0.3) is 0 Å². The molecule has 0 aromatic carbocycles. The number of ketones is 1. The Morgan fingerprint density at radius 1 is 1.28 bits per heavy atom. The average Bonchev–Trinajstić information content (AvgIpc) is 3.32. The van der Waals surface area contributed by atoms with Crippen LogP contribution < -0.4 is 5.32 Å². The SMILES string of the molecule is CC(=O)O[C@@H]1C2=C(C)C3(CC3)C(C)(O)C(=O)C2=C[C@@]1(C)CNC(=O)OC(C)(C)C. The van der Waals surface area contributed by atoms with Crippen LogP contribution in [-0.2, 0) is 19.1 Å². The minimum absolute atomic E-state index is 0.114. The van der Waals surface area contributed by atoms with E-state index in [-0.39, 0.29) is 12.3 Å². The van der Waals surface area contributed by atoms with Gasteiger partial charge in [-0.25, -0.2) is 4.79 Å². The molecule has 7 heteroatoms. The van der Waals surface area contributed by atoms with Gasteiger partial charge in [-0.05, 0) is 47.5 Å². The van der Waals surface area contributed by atoms with Crippen LogP contribution in [0.4, 0.5) is 4.79 Å². The molecule has 0 radical (unpaired) electrons. The van der Waals surface area contributed by atoms with Crippen molar-refractivity contribution in [1.82, 2.24) is 5.32 Å². The maximum absolute atomic E-state index is 13.2. The van der Waals surface area contributed by atoms with Gasteiger partial charge in [0, 0.05) is 35.4 Å². The van der Waals surface area contributed by atoms with Crippen molar-refractivity contribution >= 4 is 17.8 Å². The molecule has 1 saturated carbocycles. The summed E-state index contributed by atoms with van der Waals surface area (Å²) in [6.45, 7) is 12.0. The molecule has 3 aliphatic carbocycles. The minimum atomic E-state index is -1.49. The van der Waals surface area contributed by atoms with E-state index in [1.54, 1.807) is 33.8 Å². The van der Waals surface area contributed by atoms with Crippen LogP contribution in [0, 0.1) is 10.8 Å². The van der Waals surface area contributed by atoms with E-state index in [2.05, 4.69) is 5.32 Å². The van der Waals surface area contributed by atoms with Gasteiger partial charge in [-0.2, -0.15) is 0 Å². The van der Waals surface area contributed by atoms with Gasteiger partial charge in [0.05, 0.1) is 0 Å². The maximum Gasteiger partial charge on any atom is 0.407 e. The third kappa shape index (κ3) is 3.39. The summed E-state index contributed by atoms with van der Waals surface area (Å²) in [6, 6.07) is 0. The zero-order chi connectivity index (χ0) is 22.0. The number of alkyl carbamates (subject to hydrolysis) is 1. The summed E-state index contributed by atoms with van der Waals surface area (Å²) in [4.78, 5) is 37.2. The quantitative estimate of drug-likeness (QED) is 0.700. The van der Waals surface area contributed by atoms with E-state index >= 15 is 0 Å². The van der Waals surface area contributed by atoms with E-state index in [1.807, 2.05) is 13.8 Å². The van der Waals surface area contributed by atoms with Gasteiger partial charge in [-0.15, -0.1) is 0 Å². The smallest absolute Gasteiger partial charge is 0.407 e. The van der Waals surface area contributed by atoms with Gasteiger partial charge in [-0.3, -0.25) is 9.59 Å². The predicted octanol–water partition coefficient (Wildman–Crippen LogP) is 2.82. The molecule has 0 aromatic heterocycles. The Labute approximate surface area is 171 Å². The Morgan fingerprint density at radius 3 is 2.34 bits per heavy atom. The van der Waals surface area contributed by atoms with Crippen LogP contribution in [0.2, 0.25) is 0 Å². The molecule has 1 amide bonds. The summed E-state index contributed by atoms with van der Waals surface area (Å²) in [6.07, 6.45) is 1.85. The van der Waals surface area contributed by atoms with Crippen molar-refractivity contribution in [3.8, 4) is 0 Å². The number of nitrogens with one attached hydrogen (secondary N) is 1. The zero-order valence-electron chi connectivity index (χ0n) is 18.3. The lowest BCUT2D eigenvalue weighted by molar-refractivity contribution is -0.148. The van der Waals surface area contributed by atoms with Crippen LogP contribution in [0.3, 0.4) is 0 Å². The summed E-state index contributed by atoms with van der Waals surface area (Å²) < 4.78 is 11.0. The second kappa shape index (κ2) is 6.42. The highest BCUT2D eigenvalue weighted by atomic mass is 16.6. The zero-order valence-corrected chi connectivity index (χ0v) is 18.3. The Morgan fingerprint density at radius 2 is 1.86 bits per heavy atom. The molecule has 7 nitrogen and oxygen atoms in total. The summed E-state index contributed by atoms with van der Waals surface area (Å²) in [7, 11) is 0. The molecule has 29 heavy (non-hydrogen) atoms. The summed E-state index contributed by atoms with van der Waals surface area (Å²) in [5.74, 6) is -0.822. The lowest BCUT2D eigenvalue weighted by Crippen LogP contribution is -2.50. The third-order valence-corrected chi connectivity index (χ3v) is 6.41. The highest BCUT2D eigenvalue weighted by Crippen LogP contribution is 2.65. The molecule has 0 heterocycles. The molecule has 1 spiro atoms. The first kappa shape index (κ1) is 21.6. The average molecular weight is 405 g/mol. The fourth-order valence-electron chi connectivity index (χ4n) is 4.71. The number of ether oxygens (including phenoxy) is 2. The highest BCUT2D eigenvalue weighted by Gasteiger charge is 2.67. The van der Waals surface area contributed by atoms with Gasteiger partial charge in [0.1, 0.15) is 17.3 Å². The number of rotatable bonds is 3. The fraction of sp³-hybridized carbons (Fsp3) is 0.682. The Bertz CT molecular complexity index is 840. The van der Waals surface area contributed by atoms with Crippen LogP contribution >= 0.6 is 0 Å². The molecule has 0 saturated heterocycles. The lowest BCUT2D eigenvalue weighted by atomic mass is 9.67. The van der Waals surface area contributed by atoms with E-state index in [0.29, 0.717) is 24.0 Å². The number of esters is 1. The van der Waals surface area contributed by atoms with Gasteiger partial charge in [-0.1, -0.05) is 18.6 Å². The predicted molar refractivity (Wildman–Crippen MR) is 106 cm³/mol. The number of carbonyl (C=O) groups is 3. The topological polar surface area (TPSA) is 102 Å². The van der Waals surface area contributed by atoms with E-state index in [9.17, 15) is 19.5 Å². The molecule has 2 N–H and O–H groups in total. The van der Waals surface area contributed by atoms with E-state index in [1.165, 1.54) is 6.92 Å². The van der Waals surface area contributed by atoms with Crippen LogP contribution in [0.15, 0.2) is 22.8 Å². The number of fused-ring (bicyclic) bond motifs is 1. The standard InChI is InChI=1S/C22H31NO6/c1-12-15-14(16(25)21(7,27)22(12)8-9-22)10-20(6,17(15)28-13(2)24)11-23-18(26)29-19(3,4)5/h10,17,27H,8-9,11H2,1-7H3,(H,23,26)/t17-,20+,21?/m1/s1. The number of hydrogen-bond acceptors (Lipinski definition) is 6. The molecular formula is C22H31NO6. The number of aliphatic hydroxyl groups is 1. The first-order valence-electron chi connectivity index (χ1n) is 10.0. The first-order valence-corrected chi connectivity index (χ1v) is 10.0. The van der Waals surface area contributed by atoms with E-state index in [0.717, 1.165) is 5.57 Å². The van der Waals surface area contributed by atoms with Crippen molar-refractivity contribution < 1.29 is 29.0 Å². The molecular weight excluding hydrogens is 374 g/mol. The molecule has 3 rings (SSSR count). The number of hydrogen-bond donors (Lipinski definition) is 2. The van der Waals surface area contributed by atoms with Crippen molar-refractivity contribution in [2.45, 2.75) is 78.6 Å². The van der Waals surface area contributed by atoms with Gasteiger partial charge in [0.25, 0.3) is 0 Å². The molecule has 1 fully saturated rings. The van der Waals surface area contributed by atoms with Crippen LogP contribution in [-0.4, -0.2) is 46.8 Å². The molecule has 0 bridgehead atoms. The molecule has 3 atom stereocenters. The maximum atomic E-state index is 13.2. The number of amides is 1. The largest absolute Gasteiger partial charge is 0.457 e. The summed E-state index contributed by atoms with van der Waals surface area (Å²) in [5, 5.41) is 13.7. The van der Waals surface area contributed by atoms with Crippen LogP contribution in [0.5, 0.6) is 0 Å². The minimum Gasteiger partial charge on any atom is -0.457 e. The summed E-state index contributed by atoms with van der Waals surface area (Å²) in [5.41, 5.74) is -1.64. The van der Waals surface area contributed by atoms with Crippen molar-refractivity contribution in [3.63, 3.8) is 0 Å². The monoisotopic (exact) mass is 405 g/mol. The first-order chi connectivity index (χ1) is 13.1. The number of carbonyl (C=O) groups excluding carboxylic acids is 3.